The predicted molar refractivity (Wildman–Crippen MR) is 68.8 cm³/mol. The summed E-state index contributed by atoms with van der Waals surface area (Å²) in [5.74, 6) is 0.285. The highest BCUT2D eigenvalue weighted by Gasteiger charge is 2.07. The van der Waals surface area contributed by atoms with E-state index in [9.17, 15) is 4.79 Å². The van der Waals surface area contributed by atoms with Crippen molar-refractivity contribution in [3.8, 4) is 0 Å². The standard InChI is InChI=1S/C12H17BrN2O/c1-9(7-14)6-12(16)15-8-10-4-2-3-5-11(10)13/h2-5,9H,6-8,14H2,1H3,(H,15,16). The molecule has 0 spiro atoms. The summed E-state index contributed by atoms with van der Waals surface area (Å²) in [7, 11) is 0. The van der Waals surface area contributed by atoms with Crippen LogP contribution in [0.1, 0.15) is 18.9 Å². The van der Waals surface area contributed by atoms with Crippen LogP contribution in [-0.2, 0) is 11.3 Å². The molecule has 3 N–H and O–H groups in total. The molecular weight excluding hydrogens is 268 g/mol. The molecule has 0 aliphatic heterocycles. The Hall–Kier alpha value is -0.870. The zero-order chi connectivity index (χ0) is 12.0. The van der Waals surface area contributed by atoms with E-state index in [0.717, 1.165) is 10.0 Å². The maximum atomic E-state index is 11.5. The molecule has 1 rings (SSSR count). The van der Waals surface area contributed by atoms with Gasteiger partial charge in [-0.05, 0) is 24.1 Å². The van der Waals surface area contributed by atoms with Gasteiger partial charge in [0.25, 0.3) is 0 Å². The van der Waals surface area contributed by atoms with E-state index < -0.39 is 0 Å². The molecule has 88 valence electrons. The molecule has 0 saturated carbocycles. The summed E-state index contributed by atoms with van der Waals surface area (Å²) in [6.07, 6.45) is 0.487. The number of carbonyl (C=O) groups is 1. The predicted octanol–water partition coefficient (Wildman–Crippen LogP) is 2.05. The van der Waals surface area contributed by atoms with Crippen LogP contribution in [0.2, 0.25) is 0 Å². The Bertz CT molecular complexity index is 355. The van der Waals surface area contributed by atoms with Crippen molar-refractivity contribution < 1.29 is 4.79 Å². The fourth-order valence-electron chi connectivity index (χ4n) is 1.31. The number of carbonyl (C=O) groups excluding carboxylic acids is 1. The number of hydrogen-bond donors (Lipinski definition) is 2. The fraction of sp³-hybridized carbons (Fsp3) is 0.417. The molecule has 0 aromatic heterocycles. The Kier molecular flexibility index (Phi) is 5.49. The first-order valence-electron chi connectivity index (χ1n) is 5.33. The monoisotopic (exact) mass is 284 g/mol. The van der Waals surface area contributed by atoms with Gasteiger partial charge in [-0.25, -0.2) is 0 Å². The van der Waals surface area contributed by atoms with Gasteiger partial charge in [-0.2, -0.15) is 0 Å². The zero-order valence-corrected chi connectivity index (χ0v) is 11.0. The minimum Gasteiger partial charge on any atom is -0.352 e. The average Bonchev–Trinajstić information content (AvgIpc) is 2.28. The van der Waals surface area contributed by atoms with E-state index >= 15 is 0 Å². The van der Waals surface area contributed by atoms with E-state index in [4.69, 9.17) is 5.73 Å². The third kappa shape index (κ3) is 4.33. The smallest absolute Gasteiger partial charge is 0.220 e. The molecular formula is C12H17BrN2O. The largest absolute Gasteiger partial charge is 0.352 e. The van der Waals surface area contributed by atoms with Crippen molar-refractivity contribution in [3.05, 3.63) is 34.3 Å². The van der Waals surface area contributed by atoms with Crippen molar-refractivity contribution in [2.75, 3.05) is 6.54 Å². The Morgan fingerprint density at radius 1 is 1.50 bits per heavy atom. The summed E-state index contributed by atoms with van der Waals surface area (Å²) in [6.45, 7) is 3.07. The Balaban J connectivity index is 2.40. The second kappa shape index (κ2) is 6.66. The number of benzene rings is 1. The summed E-state index contributed by atoms with van der Waals surface area (Å²) in [5, 5.41) is 2.88. The molecule has 0 aliphatic carbocycles. The minimum atomic E-state index is 0.0497. The molecule has 0 heterocycles. The Morgan fingerprint density at radius 2 is 2.19 bits per heavy atom. The van der Waals surface area contributed by atoms with Crippen LogP contribution in [0.3, 0.4) is 0 Å². The van der Waals surface area contributed by atoms with E-state index in [1.54, 1.807) is 0 Å². The highest BCUT2D eigenvalue weighted by Crippen LogP contribution is 2.15. The minimum absolute atomic E-state index is 0.0497. The third-order valence-corrected chi connectivity index (χ3v) is 3.14. The van der Waals surface area contributed by atoms with Crippen LogP contribution in [0.4, 0.5) is 0 Å². The summed E-state index contributed by atoms with van der Waals surface area (Å²) >= 11 is 3.44. The second-order valence-electron chi connectivity index (χ2n) is 3.91. The van der Waals surface area contributed by atoms with Gasteiger partial charge in [0.1, 0.15) is 0 Å². The van der Waals surface area contributed by atoms with Gasteiger partial charge >= 0.3 is 0 Å². The van der Waals surface area contributed by atoms with Gasteiger partial charge in [-0.15, -0.1) is 0 Å². The Morgan fingerprint density at radius 3 is 2.81 bits per heavy atom. The first-order chi connectivity index (χ1) is 7.63. The van der Waals surface area contributed by atoms with Crippen molar-refractivity contribution in [2.45, 2.75) is 19.9 Å². The van der Waals surface area contributed by atoms with Crippen LogP contribution in [0.15, 0.2) is 28.7 Å². The van der Waals surface area contributed by atoms with Crippen molar-refractivity contribution >= 4 is 21.8 Å². The fourth-order valence-corrected chi connectivity index (χ4v) is 1.73. The second-order valence-corrected chi connectivity index (χ2v) is 4.77. The number of nitrogens with two attached hydrogens (primary N) is 1. The lowest BCUT2D eigenvalue weighted by Crippen LogP contribution is -2.26. The number of halogens is 1. The number of nitrogens with one attached hydrogen (secondary N) is 1. The first-order valence-corrected chi connectivity index (χ1v) is 6.13. The van der Waals surface area contributed by atoms with E-state index in [1.165, 1.54) is 0 Å². The molecule has 0 fully saturated rings. The number of amides is 1. The van der Waals surface area contributed by atoms with Crippen LogP contribution in [0, 0.1) is 5.92 Å². The molecule has 1 aromatic rings. The summed E-state index contributed by atoms with van der Waals surface area (Å²) < 4.78 is 1.02. The first kappa shape index (κ1) is 13.2. The van der Waals surface area contributed by atoms with Gasteiger partial charge in [-0.1, -0.05) is 41.1 Å². The average molecular weight is 285 g/mol. The normalized spacial score (nSPS) is 12.2. The van der Waals surface area contributed by atoms with Gasteiger partial charge in [0, 0.05) is 17.4 Å². The van der Waals surface area contributed by atoms with Gasteiger partial charge in [0.2, 0.25) is 5.91 Å². The van der Waals surface area contributed by atoms with Gasteiger partial charge in [0.15, 0.2) is 0 Å². The van der Waals surface area contributed by atoms with Crippen molar-refractivity contribution in [1.29, 1.82) is 0 Å². The lowest BCUT2D eigenvalue weighted by atomic mass is 10.1. The van der Waals surface area contributed by atoms with Gasteiger partial charge in [0.05, 0.1) is 0 Å². The van der Waals surface area contributed by atoms with E-state index in [0.29, 0.717) is 19.5 Å². The van der Waals surface area contributed by atoms with Gasteiger partial charge < -0.3 is 11.1 Å². The Labute approximate surface area is 105 Å². The number of hydrogen-bond acceptors (Lipinski definition) is 2. The molecule has 1 aromatic carbocycles. The maximum absolute atomic E-state index is 11.5. The topological polar surface area (TPSA) is 55.1 Å². The van der Waals surface area contributed by atoms with Crippen LogP contribution in [0.5, 0.6) is 0 Å². The molecule has 0 aliphatic rings. The van der Waals surface area contributed by atoms with Gasteiger partial charge in [-0.3, -0.25) is 4.79 Å². The van der Waals surface area contributed by atoms with Crippen molar-refractivity contribution in [2.24, 2.45) is 11.7 Å². The third-order valence-electron chi connectivity index (χ3n) is 2.37. The molecule has 0 bridgehead atoms. The quantitative estimate of drug-likeness (QED) is 0.870. The lowest BCUT2D eigenvalue weighted by molar-refractivity contribution is -0.122. The van der Waals surface area contributed by atoms with Crippen LogP contribution in [0.25, 0.3) is 0 Å². The molecule has 4 heteroatoms. The molecule has 0 saturated heterocycles. The van der Waals surface area contributed by atoms with Crippen LogP contribution in [-0.4, -0.2) is 12.5 Å². The highest BCUT2D eigenvalue weighted by molar-refractivity contribution is 9.10. The summed E-state index contributed by atoms with van der Waals surface area (Å²) in [4.78, 5) is 11.5. The number of rotatable bonds is 5. The van der Waals surface area contributed by atoms with Crippen LogP contribution >= 0.6 is 15.9 Å². The van der Waals surface area contributed by atoms with Crippen molar-refractivity contribution in [1.82, 2.24) is 5.32 Å². The molecule has 16 heavy (non-hydrogen) atoms. The highest BCUT2D eigenvalue weighted by atomic mass is 79.9. The SMILES string of the molecule is CC(CN)CC(=O)NCc1ccccc1Br. The molecule has 3 nitrogen and oxygen atoms in total. The van der Waals surface area contributed by atoms with Crippen LogP contribution < -0.4 is 11.1 Å². The van der Waals surface area contributed by atoms with E-state index in [2.05, 4.69) is 21.2 Å². The van der Waals surface area contributed by atoms with E-state index in [-0.39, 0.29) is 11.8 Å². The molecule has 1 amide bonds. The van der Waals surface area contributed by atoms with E-state index in [1.807, 2.05) is 31.2 Å². The molecule has 0 radical (unpaired) electrons. The summed E-state index contributed by atoms with van der Waals surface area (Å²) in [5.41, 5.74) is 6.54. The summed E-state index contributed by atoms with van der Waals surface area (Å²) in [6, 6.07) is 7.85. The lowest BCUT2D eigenvalue weighted by Gasteiger charge is -2.10. The zero-order valence-electron chi connectivity index (χ0n) is 9.37. The maximum Gasteiger partial charge on any atom is 0.220 e. The molecule has 1 atom stereocenters. The molecule has 1 unspecified atom stereocenters. The van der Waals surface area contributed by atoms with Crippen molar-refractivity contribution in [3.63, 3.8) is 0 Å².